The van der Waals surface area contributed by atoms with Gasteiger partial charge in [0.1, 0.15) is 16.5 Å². The van der Waals surface area contributed by atoms with Gasteiger partial charge in [-0.25, -0.2) is 9.97 Å². The third-order valence-corrected chi connectivity index (χ3v) is 4.87. The highest BCUT2D eigenvalue weighted by Crippen LogP contribution is 2.31. The lowest BCUT2D eigenvalue weighted by Gasteiger charge is -1.92. The van der Waals surface area contributed by atoms with E-state index >= 15 is 0 Å². The van der Waals surface area contributed by atoms with Gasteiger partial charge in [-0.05, 0) is 23.3 Å². The molecule has 3 aromatic rings. The van der Waals surface area contributed by atoms with Gasteiger partial charge in [0.05, 0.1) is 0 Å². The predicted octanol–water partition coefficient (Wildman–Crippen LogP) is 2.77. The zero-order valence-electron chi connectivity index (χ0n) is 9.36. The van der Waals surface area contributed by atoms with Gasteiger partial charge < -0.3 is 0 Å². The summed E-state index contributed by atoms with van der Waals surface area (Å²) in [6, 6.07) is 0. The molecule has 0 atom stereocenters. The minimum atomic E-state index is 0.574. The molecule has 92 valence electrons. The molecular formula is C10H8N4OS3. The quantitative estimate of drug-likeness (QED) is 0.693. The summed E-state index contributed by atoms with van der Waals surface area (Å²) in [5.74, 6) is 0.830. The molecule has 3 heterocycles. The number of carbonyl (C=O) groups is 1. The van der Waals surface area contributed by atoms with Gasteiger partial charge in [-0.3, -0.25) is 9.20 Å². The third-order valence-electron chi connectivity index (χ3n) is 2.33. The summed E-state index contributed by atoms with van der Waals surface area (Å²) in [6.45, 7) is 2.01. The Balaban J connectivity index is 1.98. The summed E-state index contributed by atoms with van der Waals surface area (Å²) in [5, 5.41) is 2.60. The van der Waals surface area contributed by atoms with Gasteiger partial charge in [0, 0.05) is 18.0 Å². The molecule has 0 aliphatic rings. The van der Waals surface area contributed by atoms with E-state index in [9.17, 15) is 4.79 Å². The number of imidazole rings is 1. The van der Waals surface area contributed by atoms with E-state index in [4.69, 9.17) is 0 Å². The fraction of sp³-hybridized carbons (Fsp3) is 0.200. The fourth-order valence-corrected chi connectivity index (χ4v) is 3.95. The van der Waals surface area contributed by atoms with Crippen molar-refractivity contribution < 1.29 is 4.79 Å². The number of fused-ring (bicyclic) bond motifs is 1. The summed E-state index contributed by atoms with van der Waals surface area (Å²) in [6.07, 6.45) is 3.49. The van der Waals surface area contributed by atoms with Crippen LogP contribution in [-0.4, -0.2) is 25.0 Å². The highest BCUT2D eigenvalue weighted by atomic mass is 32.2. The van der Waals surface area contributed by atoms with Crippen LogP contribution in [0.25, 0.3) is 4.96 Å². The third kappa shape index (κ3) is 1.96. The average Bonchev–Trinajstić information content (AvgIpc) is 3.04. The molecule has 0 bridgehead atoms. The van der Waals surface area contributed by atoms with E-state index in [0.29, 0.717) is 10.7 Å². The molecule has 0 fully saturated rings. The summed E-state index contributed by atoms with van der Waals surface area (Å²) in [5.41, 5.74) is 0.574. The van der Waals surface area contributed by atoms with Crippen molar-refractivity contribution in [3.8, 4) is 0 Å². The molecule has 8 heteroatoms. The van der Waals surface area contributed by atoms with Gasteiger partial charge in [-0.15, -0.1) is 11.3 Å². The van der Waals surface area contributed by atoms with Crippen molar-refractivity contribution in [1.82, 2.24) is 18.7 Å². The first kappa shape index (κ1) is 11.8. The molecule has 3 aromatic heterocycles. The minimum Gasteiger partial charge on any atom is -0.296 e. The largest absolute Gasteiger partial charge is 0.296 e. The number of thiazole rings is 1. The van der Waals surface area contributed by atoms with Gasteiger partial charge in [0.15, 0.2) is 15.6 Å². The first-order chi connectivity index (χ1) is 8.81. The zero-order chi connectivity index (χ0) is 12.5. The van der Waals surface area contributed by atoms with E-state index in [1.165, 1.54) is 34.6 Å². The lowest BCUT2D eigenvalue weighted by atomic mass is 10.5. The van der Waals surface area contributed by atoms with Gasteiger partial charge in [-0.2, -0.15) is 4.37 Å². The highest BCUT2D eigenvalue weighted by Gasteiger charge is 2.15. The Morgan fingerprint density at radius 2 is 2.39 bits per heavy atom. The Morgan fingerprint density at radius 3 is 3.11 bits per heavy atom. The Morgan fingerprint density at radius 1 is 1.50 bits per heavy atom. The van der Waals surface area contributed by atoms with E-state index < -0.39 is 0 Å². The molecular weight excluding hydrogens is 288 g/mol. The number of hydrogen-bond donors (Lipinski definition) is 0. The molecule has 5 nitrogen and oxygen atoms in total. The topological polar surface area (TPSA) is 60.2 Å². The maximum absolute atomic E-state index is 11.1. The molecule has 0 aliphatic carbocycles. The second kappa shape index (κ2) is 4.79. The Bertz CT molecular complexity index is 699. The number of carbonyl (C=O) groups excluding carboxylic acids is 1. The molecule has 0 saturated heterocycles. The van der Waals surface area contributed by atoms with Crippen molar-refractivity contribution >= 4 is 45.9 Å². The molecule has 0 aliphatic heterocycles. The van der Waals surface area contributed by atoms with Gasteiger partial charge in [0.2, 0.25) is 0 Å². The van der Waals surface area contributed by atoms with Gasteiger partial charge in [-0.1, -0.05) is 6.92 Å². The fourth-order valence-electron chi connectivity index (χ4n) is 1.47. The molecule has 3 rings (SSSR count). The smallest absolute Gasteiger partial charge is 0.195 e. The van der Waals surface area contributed by atoms with Crippen LogP contribution in [0.5, 0.6) is 0 Å². The van der Waals surface area contributed by atoms with E-state index in [1.807, 2.05) is 18.5 Å². The number of aldehydes is 1. The van der Waals surface area contributed by atoms with Gasteiger partial charge in [0.25, 0.3) is 0 Å². The van der Waals surface area contributed by atoms with Crippen molar-refractivity contribution in [2.75, 3.05) is 0 Å². The summed E-state index contributed by atoms with van der Waals surface area (Å²) in [4.78, 5) is 20.8. The lowest BCUT2D eigenvalue weighted by Crippen LogP contribution is -1.88. The van der Waals surface area contributed by atoms with Crippen LogP contribution < -0.4 is 0 Å². The van der Waals surface area contributed by atoms with Crippen LogP contribution >= 0.6 is 34.6 Å². The highest BCUT2D eigenvalue weighted by molar-refractivity contribution is 8.01. The summed E-state index contributed by atoms with van der Waals surface area (Å²) in [7, 11) is 0. The summed E-state index contributed by atoms with van der Waals surface area (Å²) < 4.78 is 6.83. The van der Waals surface area contributed by atoms with Crippen molar-refractivity contribution in [2.24, 2.45) is 0 Å². The van der Waals surface area contributed by atoms with Crippen molar-refractivity contribution in [3.05, 3.63) is 23.1 Å². The normalized spacial score (nSPS) is 11.2. The predicted molar refractivity (Wildman–Crippen MR) is 71.9 cm³/mol. The number of nitrogens with zero attached hydrogens (tertiary/aromatic N) is 4. The van der Waals surface area contributed by atoms with Gasteiger partial charge >= 0.3 is 0 Å². The molecule has 0 radical (unpaired) electrons. The first-order valence-corrected chi connectivity index (χ1v) is 7.70. The number of aromatic nitrogens is 4. The van der Waals surface area contributed by atoms with E-state index in [2.05, 4.69) is 14.3 Å². The minimum absolute atomic E-state index is 0.574. The maximum Gasteiger partial charge on any atom is 0.195 e. The number of hydrogen-bond acceptors (Lipinski definition) is 7. The molecule has 0 N–H and O–H groups in total. The van der Waals surface area contributed by atoms with Crippen LogP contribution in [0.2, 0.25) is 0 Å². The monoisotopic (exact) mass is 296 g/mol. The van der Waals surface area contributed by atoms with Crippen LogP contribution in [0.4, 0.5) is 0 Å². The molecule has 0 spiro atoms. The van der Waals surface area contributed by atoms with Crippen molar-refractivity contribution in [1.29, 1.82) is 0 Å². The van der Waals surface area contributed by atoms with Crippen LogP contribution in [-0.2, 0) is 6.42 Å². The van der Waals surface area contributed by atoms with Crippen LogP contribution in [0, 0.1) is 0 Å². The Labute approximate surface area is 115 Å². The molecule has 0 aromatic carbocycles. The molecule has 0 amide bonds. The van der Waals surface area contributed by atoms with Crippen LogP contribution in [0.15, 0.2) is 20.9 Å². The lowest BCUT2D eigenvalue weighted by molar-refractivity contribution is 0.111. The molecule has 0 unspecified atom stereocenters. The number of aryl methyl sites for hydroxylation is 1. The second-order valence-corrected chi connectivity index (χ2v) is 6.27. The molecule has 0 saturated carbocycles. The van der Waals surface area contributed by atoms with Crippen molar-refractivity contribution in [3.63, 3.8) is 0 Å². The van der Waals surface area contributed by atoms with Crippen LogP contribution in [0.1, 0.15) is 23.2 Å². The first-order valence-electron chi connectivity index (χ1n) is 5.23. The van der Waals surface area contributed by atoms with E-state index in [-0.39, 0.29) is 0 Å². The standard InChI is InChI=1S/C10H8N4OS3/c1-2-7-11-10(18-13-7)17-8-6(5-15)14-3-4-16-9(14)12-8/h3-5H,2H2,1H3. The number of rotatable bonds is 4. The van der Waals surface area contributed by atoms with E-state index in [1.54, 1.807) is 4.40 Å². The molecule has 18 heavy (non-hydrogen) atoms. The average molecular weight is 296 g/mol. The summed E-state index contributed by atoms with van der Waals surface area (Å²) >= 11 is 4.24. The van der Waals surface area contributed by atoms with E-state index in [0.717, 1.165) is 27.8 Å². The van der Waals surface area contributed by atoms with Crippen LogP contribution in [0.3, 0.4) is 0 Å². The van der Waals surface area contributed by atoms with Crippen molar-refractivity contribution in [2.45, 2.75) is 22.7 Å². The Hall–Kier alpha value is -1.25. The maximum atomic E-state index is 11.1. The zero-order valence-corrected chi connectivity index (χ0v) is 11.8. The SMILES string of the molecule is CCc1nsc(Sc2nc3sccn3c2C=O)n1. The second-order valence-electron chi connectivity index (χ2n) is 3.41. The Kier molecular flexibility index (Phi) is 3.14.